The molecule has 76 valence electrons. The molecule has 0 fully saturated rings. The number of phenols is 1. The molecule has 2 N–H and O–H groups in total. The van der Waals surface area contributed by atoms with Gasteiger partial charge in [0, 0.05) is 0 Å². The Hall–Kier alpha value is -1.55. The van der Waals surface area contributed by atoms with Crippen LogP contribution in [0.2, 0.25) is 0 Å². The van der Waals surface area contributed by atoms with Gasteiger partial charge in [-0.2, -0.15) is 0 Å². The predicted molar refractivity (Wildman–Crippen MR) is 52.3 cm³/mol. The second-order valence-electron chi connectivity index (χ2n) is 2.56. The Labute approximate surface area is 86.6 Å². The number of aromatic hydroxyl groups is 1. The second kappa shape index (κ2) is 4.62. The minimum atomic E-state index is -1.25. The van der Waals surface area contributed by atoms with Crippen molar-refractivity contribution in [1.29, 1.82) is 0 Å². The molecule has 0 aliphatic carbocycles. The van der Waals surface area contributed by atoms with Crippen molar-refractivity contribution in [2.24, 2.45) is 0 Å². The Morgan fingerprint density at radius 1 is 1.21 bits per heavy atom. The average molecular weight is 217 g/mol. The molecule has 0 aliphatic heterocycles. The van der Waals surface area contributed by atoms with Gasteiger partial charge in [0.15, 0.2) is 5.78 Å². The van der Waals surface area contributed by atoms with Crippen molar-refractivity contribution in [3.63, 3.8) is 0 Å². The molecule has 0 spiro atoms. The highest BCUT2D eigenvalue weighted by Crippen LogP contribution is 2.22. The number of benzene rings is 1. The quantitative estimate of drug-likeness (QED) is 0.738. The van der Waals surface area contributed by atoms with E-state index in [1.165, 1.54) is 25.1 Å². The van der Waals surface area contributed by atoms with Crippen LogP contribution in [0.5, 0.6) is 5.75 Å². The number of carbonyl (C=O) groups is 2. The highest BCUT2D eigenvalue weighted by atomic mass is 35.5. The molecular formula is C9H9ClO4. The lowest BCUT2D eigenvalue weighted by Gasteiger charge is -2.02. The summed E-state index contributed by atoms with van der Waals surface area (Å²) in [4.78, 5) is 21.4. The number of hydrogen-bond acceptors (Lipinski definition) is 3. The van der Waals surface area contributed by atoms with Crippen LogP contribution in [-0.4, -0.2) is 22.0 Å². The van der Waals surface area contributed by atoms with Crippen molar-refractivity contribution in [3.05, 3.63) is 29.3 Å². The fraction of sp³-hybridized carbons (Fsp3) is 0.111. The number of halogens is 1. The number of para-hydroxylation sites is 1. The van der Waals surface area contributed by atoms with E-state index in [-0.39, 0.29) is 29.3 Å². The van der Waals surface area contributed by atoms with E-state index in [1.807, 2.05) is 0 Å². The summed E-state index contributed by atoms with van der Waals surface area (Å²) in [5, 5.41) is 17.9. The Bertz CT molecular complexity index is 341. The molecular weight excluding hydrogens is 208 g/mol. The second-order valence-corrected chi connectivity index (χ2v) is 2.56. The molecule has 0 saturated heterocycles. The summed E-state index contributed by atoms with van der Waals surface area (Å²) in [6, 6.07) is 4.04. The third-order valence-corrected chi connectivity index (χ3v) is 1.65. The van der Waals surface area contributed by atoms with E-state index in [4.69, 9.17) is 5.11 Å². The maximum Gasteiger partial charge on any atom is 0.339 e. The maximum absolute atomic E-state index is 10.9. The third-order valence-electron chi connectivity index (χ3n) is 1.65. The van der Waals surface area contributed by atoms with Crippen molar-refractivity contribution in [2.75, 3.05) is 0 Å². The van der Waals surface area contributed by atoms with Crippen molar-refractivity contribution >= 4 is 24.2 Å². The van der Waals surface area contributed by atoms with Crippen LogP contribution in [0.1, 0.15) is 27.6 Å². The Morgan fingerprint density at radius 2 is 1.71 bits per heavy atom. The van der Waals surface area contributed by atoms with Crippen LogP contribution in [0.15, 0.2) is 18.2 Å². The minimum Gasteiger partial charge on any atom is -0.506 e. The van der Waals surface area contributed by atoms with E-state index in [0.29, 0.717) is 0 Å². The highest BCUT2D eigenvalue weighted by Gasteiger charge is 2.14. The maximum atomic E-state index is 10.9. The number of carboxylic acids is 1. The summed E-state index contributed by atoms with van der Waals surface area (Å²) in [5.74, 6) is -2.08. The first-order valence-corrected chi connectivity index (χ1v) is 3.60. The SMILES string of the molecule is CC(=O)c1cccc(C(=O)O)c1O.Cl. The molecule has 0 unspecified atom stereocenters. The van der Waals surface area contributed by atoms with Gasteiger partial charge in [0.05, 0.1) is 5.56 Å². The summed E-state index contributed by atoms with van der Waals surface area (Å²) >= 11 is 0. The van der Waals surface area contributed by atoms with Crippen LogP contribution in [0.25, 0.3) is 0 Å². The van der Waals surface area contributed by atoms with E-state index < -0.39 is 11.7 Å². The molecule has 0 heterocycles. The Balaban J connectivity index is 0.00000169. The lowest BCUT2D eigenvalue weighted by Crippen LogP contribution is -2.01. The van der Waals surface area contributed by atoms with Gasteiger partial charge in [0.25, 0.3) is 0 Å². The molecule has 14 heavy (non-hydrogen) atoms. The Kier molecular flexibility index (Phi) is 4.11. The van der Waals surface area contributed by atoms with Crippen LogP contribution in [0.4, 0.5) is 0 Å². The van der Waals surface area contributed by atoms with Crippen LogP contribution < -0.4 is 0 Å². The summed E-state index contributed by atoms with van der Waals surface area (Å²) in [7, 11) is 0. The molecule has 4 nitrogen and oxygen atoms in total. The first kappa shape index (κ1) is 12.4. The van der Waals surface area contributed by atoms with Crippen LogP contribution in [0, 0.1) is 0 Å². The average Bonchev–Trinajstić information content (AvgIpc) is 2.03. The van der Waals surface area contributed by atoms with Gasteiger partial charge in [0.2, 0.25) is 0 Å². The predicted octanol–water partition coefficient (Wildman–Crippen LogP) is 1.71. The zero-order chi connectivity index (χ0) is 10.0. The van der Waals surface area contributed by atoms with Crippen LogP contribution in [0.3, 0.4) is 0 Å². The molecule has 0 bridgehead atoms. The minimum absolute atomic E-state index is 0. The number of hydrogen-bond donors (Lipinski definition) is 2. The summed E-state index contributed by atoms with van der Waals surface area (Å²) in [6.45, 7) is 1.26. The number of ketones is 1. The number of Topliss-reactive ketones (excluding diaryl/α,β-unsaturated/α-hetero) is 1. The van der Waals surface area contributed by atoms with Gasteiger partial charge in [-0.1, -0.05) is 6.07 Å². The molecule has 0 saturated carbocycles. The van der Waals surface area contributed by atoms with Crippen molar-refractivity contribution in [3.8, 4) is 5.75 Å². The molecule has 0 atom stereocenters. The fourth-order valence-corrected chi connectivity index (χ4v) is 1.00. The first-order chi connectivity index (χ1) is 6.04. The smallest absolute Gasteiger partial charge is 0.339 e. The molecule has 1 rings (SSSR count). The monoisotopic (exact) mass is 216 g/mol. The van der Waals surface area contributed by atoms with Crippen LogP contribution in [-0.2, 0) is 0 Å². The standard InChI is InChI=1S/C9H8O4.ClH/c1-5(10)6-3-2-4-7(8(6)11)9(12)13;/h2-4,11H,1H3,(H,12,13);1H. The highest BCUT2D eigenvalue weighted by molar-refractivity contribution is 6.01. The van der Waals surface area contributed by atoms with E-state index in [0.717, 1.165) is 0 Å². The summed E-state index contributed by atoms with van der Waals surface area (Å²) in [6.07, 6.45) is 0. The molecule has 5 heteroatoms. The zero-order valence-corrected chi connectivity index (χ0v) is 8.17. The van der Waals surface area contributed by atoms with Crippen molar-refractivity contribution < 1.29 is 19.8 Å². The fourth-order valence-electron chi connectivity index (χ4n) is 1.00. The molecule has 0 radical (unpaired) electrons. The summed E-state index contributed by atoms with van der Waals surface area (Å²) < 4.78 is 0. The van der Waals surface area contributed by atoms with Gasteiger partial charge in [-0.05, 0) is 19.1 Å². The van der Waals surface area contributed by atoms with E-state index in [2.05, 4.69) is 0 Å². The molecule has 0 aromatic heterocycles. The number of rotatable bonds is 2. The van der Waals surface area contributed by atoms with Gasteiger partial charge >= 0.3 is 5.97 Å². The topological polar surface area (TPSA) is 74.6 Å². The molecule has 0 amide bonds. The van der Waals surface area contributed by atoms with Gasteiger partial charge in [-0.15, -0.1) is 12.4 Å². The van der Waals surface area contributed by atoms with Gasteiger partial charge in [-0.25, -0.2) is 4.79 Å². The zero-order valence-electron chi connectivity index (χ0n) is 7.35. The van der Waals surface area contributed by atoms with E-state index in [1.54, 1.807) is 0 Å². The van der Waals surface area contributed by atoms with Crippen molar-refractivity contribution in [1.82, 2.24) is 0 Å². The van der Waals surface area contributed by atoms with E-state index >= 15 is 0 Å². The summed E-state index contributed by atoms with van der Waals surface area (Å²) in [5.41, 5.74) is -0.229. The van der Waals surface area contributed by atoms with E-state index in [9.17, 15) is 14.7 Å². The normalized spacial score (nSPS) is 8.93. The molecule has 1 aromatic rings. The number of carbonyl (C=O) groups excluding carboxylic acids is 1. The van der Waals surface area contributed by atoms with Gasteiger partial charge < -0.3 is 10.2 Å². The van der Waals surface area contributed by atoms with Gasteiger partial charge in [0.1, 0.15) is 11.3 Å². The van der Waals surface area contributed by atoms with Crippen molar-refractivity contribution in [2.45, 2.75) is 6.92 Å². The number of carboxylic acid groups (broad SMARTS) is 1. The van der Waals surface area contributed by atoms with Gasteiger partial charge in [-0.3, -0.25) is 4.79 Å². The molecule has 1 aromatic carbocycles. The molecule has 0 aliphatic rings. The lowest BCUT2D eigenvalue weighted by molar-refractivity contribution is 0.0693. The lowest BCUT2D eigenvalue weighted by atomic mass is 10.1. The Morgan fingerprint density at radius 3 is 2.14 bits per heavy atom. The largest absolute Gasteiger partial charge is 0.506 e. The first-order valence-electron chi connectivity index (χ1n) is 3.60. The van der Waals surface area contributed by atoms with Crippen LogP contribution >= 0.6 is 12.4 Å². The third kappa shape index (κ3) is 2.23. The number of aromatic carboxylic acids is 1.